The van der Waals surface area contributed by atoms with E-state index < -0.39 is 41.8 Å². The maximum Gasteiger partial charge on any atom is 0.173 e. The zero-order valence-corrected chi connectivity index (χ0v) is 17.6. The van der Waals surface area contributed by atoms with Crippen LogP contribution in [-0.2, 0) is 38.0 Å². The second kappa shape index (κ2) is 7.74. The molecule has 3 aliphatic rings. The normalized spacial score (nSPS) is 46.2. The molecule has 160 valence electrons. The van der Waals surface area contributed by atoms with Crippen molar-refractivity contribution in [3.63, 3.8) is 0 Å². The standard InChI is InChI=1S/C20H32O8/c1-7-18(4)27-16(14-10-23-19(5,25-14)8-12(2)21)17(28-18)15-11-24-20(6,26-15)9-13(3)22/h14-17H,7-11H2,1-6H3. The Kier molecular flexibility index (Phi) is 6.02. The zero-order chi connectivity index (χ0) is 20.7. The second-order valence-corrected chi connectivity index (χ2v) is 8.61. The van der Waals surface area contributed by atoms with Crippen LogP contribution < -0.4 is 0 Å². The molecule has 6 unspecified atom stereocenters. The molecule has 0 aromatic rings. The summed E-state index contributed by atoms with van der Waals surface area (Å²) in [6, 6.07) is 0. The van der Waals surface area contributed by atoms with Crippen LogP contribution in [0.1, 0.15) is 60.8 Å². The Labute approximate surface area is 166 Å². The number of hydrogen-bond acceptors (Lipinski definition) is 8. The van der Waals surface area contributed by atoms with Crippen LogP contribution in [0, 0.1) is 0 Å². The van der Waals surface area contributed by atoms with Crippen molar-refractivity contribution >= 4 is 11.6 Å². The van der Waals surface area contributed by atoms with Crippen LogP contribution in [0.5, 0.6) is 0 Å². The fourth-order valence-corrected chi connectivity index (χ4v) is 4.19. The van der Waals surface area contributed by atoms with Crippen molar-refractivity contribution in [2.24, 2.45) is 0 Å². The quantitative estimate of drug-likeness (QED) is 0.642. The van der Waals surface area contributed by atoms with E-state index in [1.54, 1.807) is 13.8 Å². The third-order valence-corrected chi connectivity index (χ3v) is 5.52. The summed E-state index contributed by atoms with van der Waals surface area (Å²) >= 11 is 0. The molecule has 0 amide bonds. The first-order chi connectivity index (χ1) is 13.0. The highest BCUT2D eigenvalue weighted by Gasteiger charge is 2.56. The molecule has 0 aliphatic carbocycles. The summed E-state index contributed by atoms with van der Waals surface area (Å²) < 4.78 is 36.2. The monoisotopic (exact) mass is 400 g/mol. The molecule has 8 nitrogen and oxygen atoms in total. The summed E-state index contributed by atoms with van der Waals surface area (Å²) in [5, 5.41) is 0. The molecule has 3 saturated heterocycles. The van der Waals surface area contributed by atoms with Gasteiger partial charge >= 0.3 is 0 Å². The van der Waals surface area contributed by atoms with Crippen molar-refractivity contribution in [2.45, 2.75) is 103 Å². The number of rotatable bonds is 7. The molecule has 3 rings (SSSR count). The van der Waals surface area contributed by atoms with Crippen molar-refractivity contribution in [1.29, 1.82) is 0 Å². The van der Waals surface area contributed by atoms with Crippen molar-refractivity contribution in [3.05, 3.63) is 0 Å². The first kappa shape index (κ1) is 21.8. The molecule has 0 aromatic heterocycles. The van der Waals surface area contributed by atoms with Crippen LogP contribution in [-0.4, -0.2) is 66.6 Å². The SMILES string of the molecule is CCC1(C)OC(C2COC(C)(CC(C)=O)O2)C(C2COC(C)(CC(C)=O)O2)O1. The highest BCUT2D eigenvalue weighted by molar-refractivity contribution is 5.76. The van der Waals surface area contributed by atoms with Crippen LogP contribution in [0.3, 0.4) is 0 Å². The molecular formula is C20H32O8. The minimum absolute atomic E-state index is 0.00536. The molecule has 3 aliphatic heterocycles. The summed E-state index contributed by atoms with van der Waals surface area (Å²) in [5.74, 6) is -2.72. The lowest BCUT2D eigenvalue weighted by molar-refractivity contribution is -0.194. The molecule has 3 fully saturated rings. The molecule has 28 heavy (non-hydrogen) atoms. The average molecular weight is 400 g/mol. The molecule has 0 radical (unpaired) electrons. The van der Waals surface area contributed by atoms with E-state index >= 15 is 0 Å². The largest absolute Gasteiger partial charge is 0.347 e. The van der Waals surface area contributed by atoms with Gasteiger partial charge in [-0.2, -0.15) is 0 Å². The lowest BCUT2D eigenvalue weighted by atomic mass is 10.0. The van der Waals surface area contributed by atoms with E-state index in [1.165, 1.54) is 13.8 Å². The summed E-state index contributed by atoms with van der Waals surface area (Å²) in [6.07, 6.45) is -0.675. The van der Waals surface area contributed by atoms with Crippen molar-refractivity contribution in [2.75, 3.05) is 13.2 Å². The van der Waals surface area contributed by atoms with E-state index in [4.69, 9.17) is 28.4 Å². The number of carbonyl (C=O) groups excluding carboxylic acids is 2. The minimum atomic E-state index is -0.966. The van der Waals surface area contributed by atoms with Gasteiger partial charge in [-0.25, -0.2) is 0 Å². The second-order valence-electron chi connectivity index (χ2n) is 8.61. The van der Waals surface area contributed by atoms with Gasteiger partial charge < -0.3 is 28.4 Å². The predicted molar refractivity (Wildman–Crippen MR) is 97.5 cm³/mol. The third kappa shape index (κ3) is 4.63. The van der Waals surface area contributed by atoms with Crippen LogP contribution in [0.15, 0.2) is 0 Å². The highest BCUT2D eigenvalue weighted by atomic mass is 16.8. The van der Waals surface area contributed by atoms with Crippen molar-refractivity contribution in [3.8, 4) is 0 Å². The number of hydrogen-bond donors (Lipinski definition) is 0. The third-order valence-electron chi connectivity index (χ3n) is 5.52. The molecule has 0 N–H and O–H groups in total. The van der Waals surface area contributed by atoms with Gasteiger partial charge in [-0.05, 0) is 41.0 Å². The van der Waals surface area contributed by atoms with Gasteiger partial charge in [-0.15, -0.1) is 0 Å². The number of ketones is 2. The maximum absolute atomic E-state index is 11.5. The fourth-order valence-electron chi connectivity index (χ4n) is 4.19. The molecule has 0 saturated carbocycles. The number of carbonyl (C=O) groups is 2. The summed E-state index contributed by atoms with van der Waals surface area (Å²) in [5.41, 5.74) is 0. The van der Waals surface area contributed by atoms with Gasteiger partial charge in [0.25, 0.3) is 0 Å². The molecule has 0 bridgehead atoms. The molecule has 6 atom stereocenters. The molecular weight excluding hydrogens is 368 g/mol. The summed E-state index contributed by atoms with van der Waals surface area (Å²) in [4.78, 5) is 23.1. The minimum Gasteiger partial charge on any atom is -0.347 e. The Morgan fingerprint density at radius 1 is 0.750 bits per heavy atom. The fraction of sp³-hybridized carbons (Fsp3) is 0.900. The smallest absolute Gasteiger partial charge is 0.173 e. The first-order valence-corrected chi connectivity index (χ1v) is 9.94. The van der Waals surface area contributed by atoms with Crippen LogP contribution >= 0.6 is 0 Å². The van der Waals surface area contributed by atoms with Gasteiger partial charge in [-0.3, -0.25) is 9.59 Å². The Morgan fingerprint density at radius 2 is 1.14 bits per heavy atom. The topological polar surface area (TPSA) is 89.5 Å². The Hall–Kier alpha value is -0.900. The van der Waals surface area contributed by atoms with Gasteiger partial charge in [0.2, 0.25) is 0 Å². The number of ether oxygens (including phenoxy) is 6. The average Bonchev–Trinajstić information content (AvgIpc) is 3.22. The highest BCUT2D eigenvalue weighted by Crippen LogP contribution is 2.42. The Balaban J connectivity index is 1.74. The van der Waals surface area contributed by atoms with Crippen molar-refractivity contribution < 1.29 is 38.0 Å². The van der Waals surface area contributed by atoms with E-state index in [9.17, 15) is 9.59 Å². The van der Waals surface area contributed by atoms with Gasteiger partial charge in [0.15, 0.2) is 17.4 Å². The van der Waals surface area contributed by atoms with E-state index in [2.05, 4.69) is 0 Å². The van der Waals surface area contributed by atoms with E-state index in [-0.39, 0.29) is 24.4 Å². The van der Waals surface area contributed by atoms with Gasteiger partial charge in [-0.1, -0.05) is 6.92 Å². The van der Waals surface area contributed by atoms with E-state index in [0.29, 0.717) is 19.6 Å². The van der Waals surface area contributed by atoms with E-state index in [1.807, 2.05) is 13.8 Å². The zero-order valence-electron chi connectivity index (χ0n) is 17.6. The van der Waals surface area contributed by atoms with Gasteiger partial charge in [0.05, 0.1) is 26.1 Å². The molecule has 8 heteroatoms. The molecule has 0 spiro atoms. The van der Waals surface area contributed by atoms with Crippen molar-refractivity contribution in [1.82, 2.24) is 0 Å². The van der Waals surface area contributed by atoms with Gasteiger partial charge in [0, 0.05) is 0 Å². The van der Waals surface area contributed by atoms with Crippen LogP contribution in [0.25, 0.3) is 0 Å². The maximum atomic E-state index is 11.5. The Morgan fingerprint density at radius 3 is 1.46 bits per heavy atom. The lowest BCUT2D eigenvalue weighted by Crippen LogP contribution is -2.45. The molecule has 3 heterocycles. The van der Waals surface area contributed by atoms with Crippen LogP contribution in [0.2, 0.25) is 0 Å². The van der Waals surface area contributed by atoms with E-state index in [0.717, 1.165) is 0 Å². The lowest BCUT2D eigenvalue weighted by Gasteiger charge is -2.28. The molecule has 0 aromatic carbocycles. The van der Waals surface area contributed by atoms with Crippen LogP contribution in [0.4, 0.5) is 0 Å². The summed E-state index contributed by atoms with van der Waals surface area (Å²) in [7, 11) is 0. The summed E-state index contributed by atoms with van der Waals surface area (Å²) in [6.45, 7) is 11.0. The van der Waals surface area contributed by atoms with Gasteiger partial charge in [0.1, 0.15) is 36.0 Å². The predicted octanol–water partition coefficient (Wildman–Crippen LogP) is 2.12. The Bertz CT molecular complexity index is 573. The number of Topliss-reactive ketones (excluding diaryl/α,β-unsaturated/α-hetero) is 2. The first-order valence-electron chi connectivity index (χ1n) is 9.94.